The van der Waals surface area contributed by atoms with Crippen molar-refractivity contribution in [2.24, 2.45) is 5.92 Å². The molecule has 74 valence electrons. The molecule has 0 amide bonds. The molecule has 0 aliphatic heterocycles. The van der Waals surface area contributed by atoms with Gasteiger partial charge in [-0.1, -0.05) is 0 Å². The fourth-order valence-corrected chi connectivity index (χ4v) is 0.646. The Bertz CT molecular complexity index is 237. The molecule has 0 aromatic carbocycles. The number of rotatable bonds is 5. The molecule has 0 aliphatic rings. The number of aliphatic hydroxyl groups excluding tert-OH is 1. The number of carboxylic acid groups (broad SMARTS) is 2. The fourth-order valence-electron chi connectivity index (χ4n) is 0.646. The predicted octanol–water partition coefficient (Wildman–Crippen LogP) is -1.59. The Labute approximate surface area is 71.6 Å². The lowest BCUT2D eigenvalue weighted by atomic mass is 10.0. The summed E-state index contributed by atoms with van der Waals surface area (Å²) >= 11 is 0. The summed E-state index contributed by atoms with van der Waals surface area (Å²) < 4.78 is 0. The summed E-state index contributed by atoms with van der Waals surface area (Å²) in [4.78, 5) is 29.2. The topological polar surface area (TPSA) is 138 Å². The lowest BCUT2D eigenvalue weighted by Crippen LogP contribution is -2.39. The summed E-state index contributed by atoms with van der Waals surface area (Å²) in [6, 6.07) is 0. The first-order valence-electron chi connectivity index (χ1n) is 3.11. The van der Waals surface area contributed by atoms with Crippen LogP contribution in [0.1, 0.15) is 0 Å². The van der Waals surface area contributed by atoms with Gasteiger partial charge in [0.25, 0.3) is 0 Å². The normalized spacial score (nSPS) is 14.5. The van der Waals surface area contributed by atoms with Crippen LogP contribution in [0.4, 0.5) is 0 Å². The van der Waals surface area contributed by atoms with Gasteiger partial charge in [0.15, 0.2) is 12.0 Å². The predicted molar refractivity (Wildman–Crippen MR) is 36.6 cm³/mol. The number of carboxylic acids is 2. The molecule has 8 nitrogen and oxygen atoms in total. The van der Waals surface area contributed by atoms with Gasteiger partial charge >= 0.3 is 11.9 Å². The maximum absolute atomic E-state index is 10.3. The third-order valence-corrected chi connectivity index (χ3v) is 1.30. The average molecular weight is 193 g/mol. The molecule has 0 heterocycles. The van der Waals surface area contributed by atoms with Gasteiger partial charge in [-0.2, -0.15) is 0 Å². The first kappa shape index (κ1) is 11.3. The van der Waals surface area contributed by atoms with Crippen molar-refractivity contribution in [3.8, 4) is 0 Å². The van der Waals surface area contributed by atoms with Crippen molar-refractivity contribution in [1.82, 2.24) is 0 Å². The van der Waals surface area contributed by atoms with Gasteiger partial charge in [-0.25, -0.2) is 4.79 Å². The summed E-state index contributed by atoms with van der Waals surface area (Å²) in [6.07, 6.45) is -2.26. The Kier molecular flexibility index (Phi) is 3.79. The van der Waals surface area contributed by atoms with E-state index in [0.29, 0.717) is 0 Å². The first-order valence-corrected chi connectivity index (χ1v) is 3.11. The molecule has 0 saturated carbocycles. The van der Waals surface area contributed by atoms with Gasteiger partial charge < -0.3 is 15.3 Å². The van der Waals surface area contributed by atoms with Gasteiger partial charge in [-0.15, -0.1) is 0 Å². The monoisotopic (exact) mass is 193 g/mol. The Morgan fingerprint density at radius 2 is 1.77 bits per heavy atom. The van der Waals surface area contributed by atoms with Gasteiger partial charge in [0.1, 0.15) is 0 Å². The Morgan fingerprint density at radius 1 is 1.31 bits per heavy atom. The second-order valence-corrected chi connectivity index (χ2v) is 2.24. The standard InChI is InChI=1S/C5H7NO7/c7-3(5(10)11)2(4(8)9)1-6(12)13/h2-3,7H,1H2,(H,8,9)(H,10,11)/t2-,3+/m0/s1. The number of hydrogen-bond donors (Lipinski definition) is 3. The largest absolute Gasteiger partial charge is 0.481 e. The minimum absolute atomic E-state index is 0.995. The van der Waals surface area contributed by atoms with Gasteiger partial charge in [-0.05, 0) is 0 Å². The van der Waals surface area contributed by atoms with E-state index in [1.807, 2.05) is 0 Å². The zero-order chi connectivity index (χ0) is 10.6. The minimum atomic E-state index is -2.26. The molecule has 0 spiro atoms. The second-order valence-electron chi connectivity index (χ2n) is 2.24. The summed E-state index contributed by atoms with van der Waals surface area (Å²) in [6.45, 7) is -1.12. The number of carbonyl (C=O) groups is 2. The molecule has 8 heteroatoms. The van der Waals surface area contributed by atoms with Crippen LogP contribution >= 0.6 is 0 Å². The molecule has 13 heavy (non-hydrogen) atoms. The third kappa shape index (κ3) is 3.47. The van der Waals surface area contributed by atoms with E-state index in [4.69, 9.17) is 15.3 Å². The van der Waals surface area contributed by atoms with Gasteiger partial charge in [0.05, 0.1) is 0 Å². The van der Waals surface area contributed by atoms with E-state index < -0.39 is 35.4 Å². The van der Waals surface area contributed by atoms with Gasteiger partial charge in [-0.3, -0.25) is 14.9 Å². The van der Waals surface area contributed by atoms with Crippen molar-refractivity contribution in [3.05, 3.63) is 10.1 Å². The van der Waals surface area contributed by atoms with E-state index in [2.05, 4.69) is 0 Å². The third-order valence-electron chi connectivity index (χ3n) is 1.30. The quantitative estimate of drug-likeness (QED) is 0.353. The van der Waals surface area contributed by atoms with E-state index in [1.54, 1.807) is 0 Å². The molecule has 0 fully saturated rings. The summed E-state index contributed by atoms with van der Waals surface area (Å²) in [7, 11) is 0. The molecule has 0 unspecified atom stereocenters. The smallest absolute Gasteiger partial charge is 0.333 e. The molecular formula is C5H7NO7. The lowest BCUT2D eigenvalue weighted by Gasteiger charge is -2.10. The minimum Gasteiger partial charge on any atom is -0.481 e. The fraction of sp³-hybridized carbons (Fsp3) is 0.600. The zero-order valence-corrected chi connectivity index (χ0v) is 6.28. The van der Waals surface area contributed by atoms with Gasteiger partial charge in [0.2, 0.25) is 6.54 Å². The van der Waals surface area contributed by atoms with E-state index >= 15 is 0 Å². The Balaban J connectivity index is 4.51. The molecule has 0 aromatic rings. The molecule has 0 saturated heterocycles. The van der Waals surface area contributed by atoms with Crippen molar-refractivity contribution in [1.29, 1.82) is 0 Å². The van der Waals surface area contributed by atoms with Crippen LogP contribution in [0.5, 0.6) is 0 Å². The van der Waals surface area contributed by atoms with E-state index in [0.717, 1.165) is 0 Å². The van der Waals surface area contributed by atoms with E-state index in [1.165, 1.54) is 0 Å². The number of nitro groups is 1. The number of hydrogen-bond acceptors (Lipinski definition) is 5. The van der Waals surface area contributed by atoms with Crippen molar-refractivity contribution in [3.63, 3.8) is 0 Å². The van der Waals surface area contributed by atoms with Crippen molar-refractivity contribution < 1.29 is 29.8 Å². The average Bonchev–Trinajstić information content (AvgIpc) is 1.97. The number of aliphatic carboxylic acids is 2. The molecule has 2 atom stereocenters. The SMILES string of the molecule is O=C(O)[C@@H](C[N+](=O)[O-])[C@@H](O)C(=O)O. The molecule has 0 aliphatic carbocycles. The zero-order valence-electron chi connectivity index (χ0n) is 6.28. The van der Waals surface area contributed by atoms with Crippen molar-refractivity contribution >= 4 is 11.9 Å². The number of aliphatic hydroxyl groups is 1. The van der Waals surface area contributed by atoms with E-state index in [-0.39, 0.29) is 0 Å². The maximum Gasteiger partial charge on any atom is 0.333 e. The molecule has 0 bridgehead atoms. The van der Waals surface area contributed by atoms with Crippen LogP contribution in [-0.4, -0.2) is 44.8 Å². The number of nitrogens with zero attached hydrogens (tertiary/aromatic N) is 1. The first-order chi connectivity index (χ1) is 5.86. The van der Waals surface area contributed by atoms with Gasteiger partial charge in [0, 0.05) is 4.92 Å². The van der Waals surface area contributed by atoms with Crippen LogP contribution in [0.2, 0.25) is 0 Å². The highest BCUT2D eigenvalue weighted by molar-refractivity contribution is 5.81. The van der Waals surface area contributed by atoms with Crippen LogP contribution in [-0.2, 0) is 9.59 Å². The highest BCUT2D eigenvalue weighted by atomic mass is 16.6. The highest BCUT2D eigenvalue weighted by Crippen LogP contribution is 2.05. The molecular weight excluding hydrogens is 186 g/mol. The van der Waals surface area contributed by atoms with Crippen LogP contribution < -0.4 is 0 Å². The molecule has 3 N–H and O–H groups in total. The molecule has 0 rings (SSSR count). The Morgan fingerprint density at radius 3 is 2.00 bits per heavy atom. The molecule has 0 radical (unpaired) electrons. The van der Waals surface area contributed by atoms with Crippen LogP contribution in [0, 0.1) is 16.0 Å². The maximum atomic E-state index is 10.3. The van der Waals surface area contributed by atoms with Crippen molar-refractivity contribution in [2.75, 3.05) is 6.54 Å². The lowest BCUT2D eigenvalue weighted by molar-refractivity contribution is -0.487. The van der Waals surface area contributed by atoms with Crippen LogP contribution in [0.3, 0.4) is 0 Å². The summed E-state index contributed by atoms with van der Waals surface area (Å²) in [5.41, 5.74) is 0. The van der Waals surface area contributed by atoms with Crippen molar-refractivity contribution in [2.45, 2.75) is 6.10 Å². The Hall–Kier alpha value is -1.70. The second kappa shape index (κ2) is 4.36. The van der Waals surface area contributed by atoms with Crippen LogP contribution in [0.25, 0.3) is 0 Å². The highest BCUT2D eigenvalue weighted by Gasteiger charge is 2.36. The van der Waals surface area contributed by atoms with E-state index in [9.17, 15) is 19.7 Å². The summed E-state index contributed by atoms with van der Waals surface area (Å²) in [5, 5.41) is 35.1. The molecule has 0 aromatic heterocycles. The van der Waals surface area contributed by atoms with Crippen LogP contribution in [0.15, 0.2) is 0 Å². The summed E-state index contributed by atoms with van der Waals surface area (Å²) in [5.74, 6) is -5.44.